The normalized spacial score (nSPS) is 10.8. The van der Waals surface area contributed by atoms with E-state index in [1.165, 1.54) is 31.3 Å². The number of hydrogen-bond donors (Lipinski definition) is 0. The predicted molar refractivity (Wildman–Crippen MR) is 81.1 cm³/mol. The topological polar surface area (TPSA) is 26.3 Å². The fraction of sp³-hybridized carbons (Fsp3) is 0.765. The van der Waals surface area contributed by atoms with Crippen molar-refractivity contribution in [3.05, 3.63) is 17.4 Å². The first-order valence-electron chi connectivity index (χ1n) is 7.52. The van der Waals surface area contributed by atoms with Crippen molar-refractivity contribution in [2.75, 3.05) is 6.61 Å². The smallest absolute Gasteiger partial charge is 0.310 e. The third kappa shape index (κ3) is 9.55. The number of ether oxygens (including phenoxy) is 1. The van der Waals surface area contributed by atoms with Gasteiger partial charge in [0.25, 0.3) is 0 Å². The molecule has 0 saturated carbocycles. The van der Waals surface area contributed by atoms with Crippen molar-refractivity contribution in [3.8, 4) is 0 Å². The van der Waals surface area contributed by atoms with Gasteiger partial charge in [-0.3, -0.25) is 4.79 Å². The van der Waals surface area contributed by atoms with Gasteiger partial charge >= 0.3 is 5.97 Å². The molecule has 110 valence electrons. The van der Waals surface area contributed by atoms with Crippen LogP contribution in [0.1, 0.15) is 73.1 Å². The summed E-state index contributed by atoms with van der Waals surface area (Å²) in [4.78, 5) is 11.3. The Morgan fingerprint density at radius 2 is 1.84 bits per heavy atom. The summed E-state index contributed by atoms with van der Waals surface area (Å²) < 4.78 is 4.90. The molecule has 0 spiro atoms. The maximum absolute atomic E-state index is 11.3. The Labute approximate surface area is 118 Å². The Balaban J connectivity index is 4.48. The number of carbonyl (C=O) groups is 1. The Morgan fingerprint density at radius 3 is 2.37 bits per heavy atom. The molecule has 0 atom stereocenters. The highest BCUT2D eigenvalue weighted by Gasteiger charge is 2.15. The van der Waals surface area contributed by atoms with Crippen LogP contribution in [-0.4, -0.2) is 12.6 Å². The molecule has 0 radical (unpaired) electrons. The van der Waals surface area contributed by atoms with Crippen molar-refractivity contribution in [1.29, 1.82) is 0 Å². The molecule has 19 heavy (non-hydrogen) atoms. The van der Waals surface area contributed by atoms with Crippen LogP contribution in [0.4, 0.5) is 0 Å². The van der Waals surface area contributed by atoms with E-state index in [-0.39, 0.29) is 11.4 Å². The van der Waals surface area contributed by atoms with E-state index in [4.69, 9.17) is 4.74 Å². The maximum atomic E-state index is 11.3. The fourth-order valence-electron chi connectivity index (χ4n) is 1.87. The zero-order valence-corrected chi connectivity index (χ0v) is 13.3. The molecular formula is C17H30O2. The highest BCUT2D eigenvalue weighted by atomic mass is 16.5. The summed E-state index contributed by atoms with van der Waals surface area (Å²) in [6.45, 7) is 11.1. The molecule has 0 aliphatic rings. The van der Waals surface area contributed by atoms with Crippen LogP contribution in [0.5, 0.6) is 0 Å². The van der Waals surface area contributed by atoms with Gasteiger partial charge in [0, 0.05) is 0 Å². The van der Waals surface area contributed by atoms with E-state index in [2.05, 4.69) is 33.4 Å². The molecule has 0 aliphatic heterocycles. The summed E-state index contributed by atoms with van der Waals surface area (Å²) >= 11 is 0. The fourth-order valence-corrected chi connectivity index (χ4v) is 1.87. The minimum absolute atomic E-state index is 0.122. The SMILES string of the molecule is CCCCCCC(=C=CCC(=O)OCC)C(C)(C)C. The van der Waals surface area contributed by atoms with Crippen LogP contribution in [-0.2, 0) is 9.53 Å². The van der Waals surface area contributed by atoms with Crippen LogP contribution in [0.3, 0.4) is 0 Å². The Hall–Kier alpha value is -1.01. The zero-order chi connectivity index (χ0) is 14.7. The quantitative estimate of drug-likeness (QED) is 0.349. The number of carbonyl (C=O) groups excluding carboxylic acids is 1. The van der Waals surface area contributed by atoms with Gasteiger partial charge in [-0.25, -0.2) is 0 Å². The predicted octanol–water partition coefficient (Wildman–Crippen LogP) is 5.04. The highest BCUT2D eigenvalue weighted by Crippen LogP contribution is 2.28. The van der Waals surface area contributed by atoms with Crippen LogP contribution in [0.15, 0.2) is 17.4 Å². The summed E-state index contributed by atoms with van der Waals surface area (Å²) in [6, 6.07) is 0. The van der Waals surface area contributed by atoms with E-state index in [0.717, 1.165) is 6.42 Å². The van der Waals surface area contributed by atoms with Gasteiger partial charge in [0.2, 0.25) is 0 Å². The molecule has 0 rings (SSSR count). The first-order valence-corrected chi connectivity index (χ1v) is 7.52. The molecule has 0 aromatic carbocycles. The van der Waals surface area contributed by atoms with E-state index >= 15 is 0 Å². The van der Waals surface area contributed by atoms with Gasteiger partial charge in [0.1, 0.15) is 0 Å². The minimum atomic E-state index is -0.172. The number of hydrogen-bond acceptors (Lipinski definition) is 2. The van der Waals surface area contributed by atoms with Gasteiger partial charge in [-0.05, 0) is 36.8 Å². The molecule has 0 aromatic heterocycles. The van der Waals surface area contributed by atoms with Gasteiger partial charge < -0.3 is 4.74 Å². The third-order valence-corrected chi connectivity index (χ3v) is 3.04. The van der Waals surface area contributed by atoms with Crippen molar-refractivity contribution >= 4 is 5.97 Å². The molecule has 0 bridgehead atoms. The number of esters is 1. The lowest BCUT2D eigenvalue weighted by molar-refractivity contribution is -0.142. The molecule has 0 aromatic rings. The number of rotatable bonds is 8. The Kier molecular flexibility index (Phi) is 9.34. The first-order chi connectivity index (χ1) is 8.91. The van der Waals surface area contributed by atoms with Crippen molar-refractivity contribution < 1.29 is 9.53 Å². The van der Waals surface area contributed by atoms with Crippen LogP contribution in [0, 0.1) is 5.41 Å². The minimum Gasteiger partial charge on any atom is -0.466 e. The lowest BCUT2D eigenvalue weighted by atomic mass is 9.84. The van der Waals surface area contributed by atoms with Crippen LogP contribution >= 0.6 is 0 Å². The van der Waals surface area contributed by atoms with E-state index in [9.17, 15) is 4.79 Å². The van der Waals surface area contributed by atoms with Gasteiger partial charge in [0.15, 0.2) is 0 Å². The summed E-state index contributed by atoms with van der Waals surface area (Å²) in [5.41, 5.74) is 4.74. The van der Waals surface area contributed by atoms with Crippen LogP contribution in [0.2, 0.25) is 0 Å². The van der Waals surface area contributed by atoms with Crippen molar-refractivity contribution in [2.45, 2.75) is 73.1 Å². The summed E-state index contributed by atoms with van der Waals surface area (Å²) in [6.07, 6.45) is 8.25. The average molecular weight is 266 g/mol. The molecule has 0 N–H and O–H groups in total. The van der Waals surface area contributed by atoms with Gasteiger partial charge in [-0.2, -0.15) is 0 Å². The largest absolute Gasteiger partial charge is 0.466 e. The van der Waals surface area contributed by atoms with E-state index < -0.39 is 0 Å². The highest BCUT2D eigenvalue weighted by molar-refractivity contribution is 5.71. The lowest BCUT2D eigenvalue weighted by Gasteiger charge is -2.21. The molecule has 2 heteroatoms. The standard InChI is InChI=1S/C17H30O2/c1-6-8-9-10-12-15(17(3,4)5)13-11-14-16(18)19-7-2/h11H,6-10,12,14H2,1-5H3. The van der Waals surface area contributed by atoms with Crippen LogP contribution in [0.25, 0.3) is 0 Å². The second kappa shape index (κ2) is 9.86. The van der Waals surface area contributed by atoms with Crippen LogP contribution < -0.4 is 0 Å². The summed E-state index contributed by atoms with van der Waals surface area (Å²) in [5.74, 6) is -0.172. The lowest BCUT2D eigenvalue weighted by Crippen LogP contribution is -2.09. The second-order valence-electron chi connectivity index (χ2n) is 5.90. The van der Waals surface area contributed by atoms with Crippen molar-refractivity contribution in [2.24, 2.45) is 5.41 Å². The molecule has 0 amide bonds. The monoisotopic (exact) mass is 266 g/mol. The molecule has 0 unspecified atom stereocenters. The van der Waals surface area contributed by atoms with Crippen molar-refractivity contribution in [3.63, 3.8) is 0 Å². The third-order valence-electron chi connectivity index (χ3n) is 3.04. The second-order valence-corrected chi connectivity index (χ2v) is 5.90. The maximum Gasteiger partial charge on any atom is 0.310 e. The average Bonchev–Trinajstić information content (AvgIpc) is 2.31. The van der Waals surface area contributed by atoms with Gasteiger partial charge in [-0.1, -0.05) is 47.0 Å². The van der Waals surface area contributed by atoms with E-state index in [0.29, 0.717) is 13.0 Å². The molecule has 0 aliphatic carbocycles. The van der Waals surface area contributed by atoms with E-state index in [1.54, 1.807) is 0 Å². The van der Waals surface area contributed by atoms with E-state index in [1.807, 2.05) is 13.0 Å². The molecule has 0 heterocycles. The zero-order valence-electron chi connectivity index (χ0n) is 13.3. The number of unbranched alkanes of at least 4 members (excludes halogenated alkanes) is 3. The Bertz CT molecular complexity index is 315. The first kappa shape index (κ1) is 18.0. The molecule has 2 nitrogen and oxygen atoms in total. The molecular weight excluding hydrogens is 236 g/mol. The summed E-state index contributed by atoms with van der Waals surface area (Å²) in [5, 5.41) is 0. The Morgan fingerprint density at radius 1 is 1.16 bits per heavy atom. The van der Waals surface area contributed by atoms with Gasteiger partial charge in [0.05, 0.1) is 13.0 Å². The molecule has 0 fully saturated rings. The van der Waals surface area contributed by atoms with Crippen molar-refractivity contribution in [1.82, 2.24) is 0 Å². The molecule has 0 saturated heterocycles. The summed E-state index contributed by atoms with van der Waals surface area (Å²) in [7, 11) is 0. The van der Waals surface area contributed by atoms with Gasteiger partial charge in [-0.15, -0.1) is 5.73 Å².